The van der Waals surface area contributed by atoms with Crippen LogP contribution in [0, 0.1) is 23.2 Å². The van der Waals surface area contributed by atoms with Gasteiger partial charge >= 0.3 is 0 Å². The van der Waals surface area contributed by atoms with Crippen molar-refractivity contribution in [3.05, 3.63) is 46.7 Å². The molecule has 2 unspecified atom stereocenters. The van der Waals surface area contributed by atoms with Gasteiger partial charge in [0.05, 0.1) is 5.71 Å². The second kappa shape index (κ2) is 9.13. The van der Waals surface area contributed by atoms with Crippen LogP contribution < -0.4 is 5.73 Å². The molecule has 2 atom stereocenters. The smallest absolute Gasteiger partial charge is 0.0604 e. The Balaban J connectivity index is 2.09. The van der Waals surface area contributed by atoms with Gasteiger partial charge < -0.3 is 16.2 Å². The van der Waals surface area contributed by atoms with E-state index < -0.39 is 0 Å². The average molecular weight is 356 g/mol. The first-order chi connectivity index (χ1) is 12.3. The Labute approximate surface area is 157 Å². The van der Waals surface area contributed by atoms with E-state index >= 15 is 0 Å². The van der Waals surface area contributed by atoms with Gasteiger partial charge in [-0.2, -0.15) is 0 Å². The summed E-state index contributed by atoms with van der Waals surface area (Å²) < 4.78 is 0. The molecular weight excluding hydrogens is 322 g/mol. The summed E-state index contributed by atoms with van der Waals surface area (Å²) >= 11 is 0. The molecule has 0 aromatic heterocycles. The fraction of sp³-hybridized carbons (Fsp3) is 0.545. The minimum absolute atomic E-state index is 0.115. The first-order valence-electron chi connectivity index (χ1n) is 9.53. The molecule has 0 bridgehead atoms. The van der Waals surface area contributed by atoms with Gasteiger partial charge in [-0.1, -0.05) is 31.2 Å². The zero-order valence-corrected chi connectivity index (χ0v) is 16.4. The molecule has 0 saturated heterocycles. The van der Waals surface area contributed by atoms with Gasteiger partial charge in [0.25, 0.3) is 0 Å². The summed E-state index contributed by atoms with van der Waals surface area (Å²) in [5.41, 5.74) is 11.2. The van der Waals surface area contributed by atoms with Crippen molar-refractivity contribution in [3.63, 3.8) is 0 Å². The third-order valence-electron chi connectivity index (χ3n) is 5.32. The van der Waals surface area contributed by atoms with E-state index in [-0.39, 0.29) is 18.4 Å². The van der Waals surface area contributed by atoms with Gasteiger partial charge in [-0.05, 0) is 67.6 Å². The van der Waals surface area contributed by atoms with E-state index in [4.69, 9.17) is 11.1 Å². The van der Waals surface area contributed by atoms with Crippen molar-refractivity contribution in [2.75, 3.05) is 13.2 Å². The largest absolute Gasteiger partial charge is 0.402 e. The van der Waals surface area contributed by atoms with Gasteiger partial charge in [0.15, 0.2) is 0 Å². The van der Waals surface area contributed by atoms with Gasteiger partial charge in [0.2, 0.25) is 0 Å². The number of nitrogens with two attached hydrogens (primary N) is 1. The molecule has 1 saturated carbocycles. The van der Waals surface area contributed by atoms with Crippen LogP contribution in [-0.2, 0) is 0 Å². The Morgan fingerprint density at radius 1 is 1.46 bits per heavy atom. The van der Waals surface area contributed by atoms with Crippen LogP contribution >= 0.6 is 0 Å². The maximum absolute atomic E-state index is 9.60. The normalized spacial score (nSPS) is 22.5. The van der Waals surface area contributed by atoms with Crippen molar-refractivity contribution < 1.29 is 5.11 Å². The molecule has 0 amide bonds. The summed E-state index contributed by atoms with van der Waals surface area (Å²) in [6.07, 6.45) is 9.92. The molecule has 0 aliphatic heterocycles. The molecule has 2 rings (SSSR count). The molecule has 0 aromatic rings. The number of nitrogens with zero attached hydrogens (tertiary/aromatic N) is 1. The lowest BCUT2D eigenvalue weighted by Crippen LogP contribution is -2.25. The molecule has 0 radical (unpaired) electrons. The highest BCUT2D eigenvalue weighted by Crippen LogP contribution is 2.34. The third kappa shape index (κ3) is 5.53. The third-order valence-corrected chi connectivity index (χ3v) is 5.32. The van der Waals surface area contributed by atoms with Crippen molar-refractivity contribution in [2.24, 2.45) is 28.5 Å². The molecule has 0 spiro atoms. The van der Waals surface area contributed by atoms with E-state index in [0.717, 1.165) is 41.3 Å². The van der Waals surface area contributed by atoms with Gasteiger partial charge in [0.1, 0.15) is 0 Å². The molecule has 0 heterocycles. The Morgan fingerprint density at radius 2 is 2.15 bits per heavy atom. The summed E-state index contributed by atoms with van der Waals surface area (Å²) in [5, 5.41) is 18.3. The van der Waals surface area contributed by atoms with Crippen LogP contribution in [0.1, 0.15) is 46.5 Å². The number of aliphatic hydroxyl groups excluding tert-OH is 1. The van der Waals surface area contributed by atoms with Crippen LogP contribution in [0.2, 0.25) is 0 Å². The van der Waals surface area contributed by atoms with Crippen molar-refractivity contribution in [2.45, 2.75) is 46.5 Å². The van der Waals surface area contributed by atoms with Crippen LogP contribution in [0.15, 0.2) is 51.7 Å². The van der Waals surface area contributed by atoms with E-state index in [1.165, 1.54) is 18.4 Å². The molecular formula is C22H33N3O. The highest BCUT2D eigenvalue weighted by molar-refractivity contribution is 6.11. The predicted octanol–water partition coefficient (Wildman–Crippen LogP) is 4.19. The number of hydrogen-bond donors (Lipinski definition) is 3. The monoisotopic (exact) mass is 355 g/mol. The predicted molar refractivity (Wildman–Crippen MR) is 111 cm³/mol. The standard InChI is InChI=1S/C22H33N3O/c1-14-5-8-20(21(9-14)16(3)13-26)22(24)15(2)10-19(17(4)23)12-25-11-18-6-7-18/h5,8,12,16,18,21,24,26H,2,6-7,9-11,13,23H2,1,3-4H3. The lowest BCUT2D eigenvalue weighted by Gasteiger charge is -2.29. The molecule has 26 heavy (non-hydrogen) atoms. The lowest BCUT2D eigenvalue weighted by molar-refractivity contribution is 0.203. The molecule has 4 nitrogen and oxygen atoms in total. The quantitative estimate of drug-likeness (QED) is 0.542. The van der Waals surface area contributed by atoms with Gasteiger partial charge in [-0.25, -0.2) is 0 Å². The maximum Gasteiger partial charge on any atom is 0.0604 e. The minimum Gasteiger partial charge on any atom is -0.402 e. The molecule has 4 N–H and O–H groups in total. The van der Waals surface area contributed by atoms with Crippen molar-refractivity contribution in [3.8, 4) is 0 Å². The second-order valence-electron chi connectivity index (χ2n) is 7.91. The number of nitrogens with one attached hydrogen (secondary N) is 1. The van der Waals surface area contributed by atoms with E-state index in [1.807, 2.05) is 26.1 Å². The van der Waals surface area contributed by atoms with E-state index in [9.17, 15) is 5.11 Å². The number of hydrogen-bond acceptors (Lipinski definition) is 4. The first kappa shape index (κ1) is 20.4. The zero-order chi connectivity index (χ0) is 19.3. The van der Waals surface area contributed by atoms with Crippen molar-refractivity contribution >= 4 is 11.9 Å². The minimum atomic E-state index is 0.115. The highest BCUT2D eigenvalue weighted by atomic mass is 16.3. The van der Waals surface area contributed by atoms with Crippen molar-refractivity contribution in [1.29, 1.82) is 5.41 Å². The zero-order valence-electron chi connectivity index (χ0n) is 16.4. The summed E-state index contributed by atoms with van der Waals surface area (Å²) in [6, 6.07) is 0. The number of aliphatic hydroxyl groups is 1. The average Bonchev–Trinajstić information content (AvgIpc) is 3.43. The van der Waals surface area contributed by atoms with Crippen molar-refractivity contribution in [1.82, 2.24) is 0 Å². The Morgan fingerprint density at radius 3 is 2.73 bits per heavy atom. The molecule has 1 fully saturated rings. The van der Waals surface area contributed by atoms with Gasteiger partial charge in [0, 0.05) is 31.5 Å². The van der Waals surface area contributed by atoms with E-state index in [0.29, 0.717) is 12.1 Å². The number of allylic oxidation sites excluding steroid dienone is 7. The molecule has 0 aromatic carbocycles. The van der Waals surface area contributed by atoms with Crippen LogP contribution in [-0.4, -0.2) is 30.2 Å². The summed E-state index contributed by atoms with van der Waals surface area (Å²) in [7, 11) is 0. The second-order valence-corrected chi connectivity index (χ2v) is 7.91. The van der Waals surface area contributed by atoms with Gasteiger partial charge in [-0.15, -0.1) is 0 Å². The number of aliphatic imine (C=N–C) groups is 1. The molecule has 142 valence electrons. The van der Waals surface area contributed by atoms with Crippen LogP contribution in [0.5, 0.6) is 0 Å². The molecule has 4 heteroatoms. The number of rotatable bonds is 9. The first-order valence-corrected chi connectivity index (χ1v) is 9.53. The van der Waals surface area contributed by atoms with Crippen LogP contribution in [0.3, 0.4) is 0 Å². The van der Waals surface area contributed by atoms with Crippen LogP contribution in [0.25, 0.3) is 0 Å². The fourth-order valence-electron chi connectivity index (χ4n) is 3.21. The highest BCUT2D eigenvalue weighted by Gasteiger charge is 2.27. The summed E-state index contributed by atoms with van der Waals surface area (Å²) in [5.74, 6) is 1.02. The fourth-order valence-corrected chi connectivity index (χ4v) is 3.21. The molecule has 2 aliphatic rings. The summed E-state index contributed by atoms with van der Waals surface area (Å²) in [6.45, 7) is 11.1. The van der Waals surface area contributed by atoms with E-state index in [2.05, 4.69) is 24.6 Å². The maximum atomic E-state index is 9.60. The Hall–Kier alpha value is -1.94. The topological polar surface area (TPSA) is 82.5 Å². The van der Waals surface area contributed by atoms with Crippen LogP contribution in [0.4, 0.5) is 0 Å². The Bertz CT molecular complexity index is 674. The lowest BCUT2D eigenvalue weighted by atomic mass is 9.76. The van der Waals surface area contributed by atoms with E-state index in [1.54, 1.807) is 0 Å². The Kier molecular flexibility index (Phi) is 7.15. The SMILES string of the molecule is C=C(CC(C=NCC1CC1)=C(C)N)C(=N)C1=CC=C(C)CC1C(C)CO. The molecule has 2 aliphatic carbocycles. The summed E-state index contributed by atoms with van der Waals surface area (Å²) in [4.78, 5) is 4.51. The van der Waals surface area contributed by atoms with Gasteiger partial charge in [-0.3, -0.25) is 4.99 Å².